The molecule has 3 unspecified atom stereocenters. The van der Waals surface area contributed by atoms with Gasteiger partial charge in [0.15, 0.2) is 5.78 Å². The first-order valence-corrected chi connectivity index (χ1v) is 11.7. The molecule has 1 heterocycles. The van der Waals surface area contributed by atoms with E-state index in [1.165, 1.54) is 4.90 Å². The third-order valence-electron chi connectivity index (χ3n) is 5.80. The van der Waals surface area contributed by atoms with Crippen molar-refractivity contribution in [3.05, 3.63) is 35.9 Å². The highest BCUT2D eigenvalue weighted by Crippen LogP contribution is 2.27. The fourth-order valence-electron chi connectivity index (χ4n) is 3.93. The molecule has 0 radical (unpaired) electrons. The van der Waals surface area contributed by atoms with Crippen LogP contribution in [-0.4, -0.2) is 64.6 Å². The van der Waals surface area contributed by atoms with Crippen molar-refractivity contribution in [2.45, 2.75) is 84.7 Å². The van der Waals surface area contributed by atoms with E-state index in [1.54, 1.807) is 25.7 Å². The Morgan fingerprint density at radius 3 is 2.36 bits per heavy atom. The average Bonchev–Trinajstić information content (AvgIpc) is 2.76. The molecule has 0 saturated carbocycles. The summed E-state index contributed by atoms with van der Waals surface area (Å²) in [6, 6.07) is 7.76. The molecule has 1 aromatic carbocycles. The molecule has 1 aromatic rings. The van der Waals surface area contributed by atoms with Gasteiger partial charge in [0, 0.05) is 19.1 Å². The predicted octanol–water partition coefficient (Wildman–Crippen LogP) is 3.97. The highest BCUT2D eigenvalue weighted by atomic mass is 16.6. The van der Waals surface area contributed by atoms with Gasteiger partial charge in [-0.2, -0.15) is 0 Å². The number of piperidine rings is 1. The first-order chi connectivity index (χ1) is 15.4. The molecule has 8 nitrogen and oxygen atoms in total. The first kappa shape index (κ1) is 26.6. The van der Waals surface area contributed by atoms with E-state index in [0.717, 1.165) is 5.56 Å². The van der Waals surface area contributed by atoms with Crippen molar-refractivity contribution in [3.8, 4) is 0 Å². The lowest BCUT2D eigenvalue weighted by molar-refractivity contribution is -0.128. The summed E-state index contributed by atoms with van der Waals surface area (Å²) in [6.07, 6.45) is -0.151. The van der Waals surface area contributed by atoms with E-state index in [0.29, 0.717) is 25.9 Å². The topological polar surface area (TPSA) is 102 Å². The van der Waals surface area contributed by atoms with Crippen LogP contribution in [0.3, 0.4) is 0 Å². The summed E-state index contributed by atoms with van der Waals surface area (Å²) in [7, 11) is 0. The number of benzene rings is 1. The fourth-order valence-corrected chi connectivity index (χ4v) is 3.93. The molecule has 1 aliphatic heterocycles. The number of rotatable bonds is 7. The van der Waals surface area contributed by atoms with Crippen LogP contribution in [0, 0.1) is 5.92 Å². The molecule has 2 amide bonds. The smallest absolute Gasteiger partial charge is 0.410 e. The lowest BCUT2D eigenvalue weighted by Crippen LogP contribution is -2.59. The maximum Gasteiger partial charge on any atom is 0.410 e. The minimum absolute atomic E-state index is 0.0727. The van der Waals surface area contributed by atoms with Gasteiger partial charge >= 0.3 is 12.2 Å². The Hall–Kier alpha value is -2.61. The lowest BCUT2D eigenvalue weighted by Gasteiger charge is -2.43. The minimum atomic E-state index is -0.757. The Kier molecular flexibility index (Phi) is 9.28. The van der Waals surface area contributed by atoms with Crippen molar-refractivity contribution in [1.82, 2.24) is 9.80 Å². The Morgan fingerprint density at radius 2 is 1.82 bits per heavy atom. The zero-order valence-corrected chi connectivity index (χ0v) is 20.7. The van der Waals surface area contributed by atoms with Gasteiger partial charge in [-0.05, 0) is 52.0 Å². The van der Waals surface area contributed by atoms with Crippen LogP contribution in [0.15, 0.2) is 30.3 Å². The lowest BCUT2D eigenvalue weighted by atomic mass is 9.87. The molecule has 3 atom stereocenters. The van der Waals surface area contributed by atoms with Gasteiger partial charge in [-0.3, -0.25) is 9.69 Å². The molecular formula is C25H39N3O5. The second-order valence-corrected chi connectivity index (χ2v) is 9.87. The Bertz CT molecular complexity index is 806. The molecule has 1 fully saturated rings. The Labute approximate surface area is 197 Å². The molecule has 8 heteroatoms. The Balaban J connectivity index is 2.17. The van der Waals surface area contributed by atoms with Crippen LogP contribution >= 0.6 is 0 Å². The van der Waals surface area contributed by atoms with Crippen molar-refractivity contribution >= 4 is 18.0 Å². The normalized spacial score (nSPS) is 19.7. The second kappa shape index (κ2) is 11.5. The molecule has 1 saturated heterocycles. The fraction of sp³-hybridized carbons (Fsp3) is 0.640. The standard InChI is InChI=1S/C25H39N3O5/c1-7-27(23(30)32-16-18-11-9-8-10-12-18)19-13-14-28(24(31)33-25(4,5)6)20(15-19)22(29)21(26)17(2)3/h8-12,17,19-21H,7,13-16,26H2,1-6H3. The van der Waals surface area contributed by atoms with E-state index in [9.17, 15) is 14.4 Å². The van der Waals surface area contributed by atoms with E-state index in [4.69, 9.17) is 15.2 Å². The number of hydrogen-bond donors (Lipinski definition) is 1. The zero-order valence-electron chi connectivity index (χ0n) is 20.7. The molecule has 33 heavy (non-hydrogen) atoms. The molecule has 2 N–H and O–H groups in total. The molecule has 0 aliphatic carbocycles. The summed E-state index contributed by atoms with van der Waals surface area (Å²) < 4.78 is 11.1. The van der Waals surface area contributed by atoms with Crippen molar-refractivity contribution in [2.24, 2.45) is 11.7 Å². The number of Topliss-reactive ketones (excluding diaryl/α,β-unsaturated/α-hetero) is 1. The van der Waals surface area contributed by atoms with Gasteiger partial charge in [0.05, 0.1) is 12.1 Å². The van der Waals surface area contributed by atoms with Crippen molar-refractivity contribution < 1.29 is 23.9 Å². The monoisotopic (exact) mass is 461 g/mol. The van der Waals surface area contributed by atoms with Gasteiger partial charge in [0.1, 0.15) is 12.2 Å². The van der Waals surface area contributed by atoms with E-state index in [-0.39, 0.29) is 24.3 Å². The van der Waals surface area contributed by atoms with Gasteiger partial charge in [0.25, 0.3) is 0 Å². The number of nitrogens with two attached hydrogens (primary N) is 1. The van der Waals surface area contributed by atoms with Crippen LogP contribution in [-0.2, 0) is 20.9 Å². The summed E-state index contributed by atoms with van der Waals surface area (Å²) in [4.78, 5) is 42.1. The number of likely N-dealkylation sites (tertiary alicyclic amines) is 1. The SMILES string of the molecule is CCN(C(=O)OCc1ccccc1)C1CCN(C(=O)OC(C)(C)C)C(C(=O)C(N)C(C)C)C1. The van der Waals surface area contributed by atoms with Gasteiger partial charge in [-0.15, -0.1) is 0 Å². The summed E-state index contributed by atoms with van der Waals surface area (Å²) >= 11 is 0. The summed E-state index contributed by atoms with van der Waals surface area (Å²) in [5.74, 6) is -0.286. The predicted molar refractivity (Wildman–Crippen MR) is 127 cm³/mol. The van der Waals surface area contributed by atoms with Gasteiger partial charge in [-0.1, -0.05) is 44.2 Å². The number of carbonyl (C=O) groups excluding carboxylic acids is 3. The largest absolute Gasteiger partial charge is 0.445 e. The third kappa shape index (κ3) is 7.45. The van der Waals surface area contributed by atoms with Crippen molar-refractivity contribution in [2.75, 3.05) is 13.1 Å². The van der Waals surface area contributed by atoms with E-state index >= 15 is 0 Å². The van der Waals surface area contributed by atoms with E-state index in [2.05, 4.69) is 0 Å². The molecule has 0 spiro atoms. The van der Waals surface area contributed by atoms with Crippen LogP contribution in [0.5, 0.6) is 0 Å². The summed E-state index contributed by atoms with van der Waals surface area (Å²) in [5.41, 5.74) is 6.39. The van der Waals surface area contributed by atoms with Crippen LogP contribution in [0.1, 0.15) is 59.9 Å². The number of ketones is 1. The maximum atomic E-state index is 13.2. The molecular weight excluding hydrogens is 422 g/mol. The summed E-state index contributed by atoms with van der Waals surface area (Å²) in [6.45, 7) is 11.9. The number of carbonyl (C=O) groups is 3. The van der Waals surface area contributed by atoms with Crippen molar-refractivity contribution in [3.63, 3.8) is 0 Å². The molecule has 0 aromatic heterocycles. The van der Waals surface area contributed by atoms with Gasteiger partial charge in [-0.25, -0.2) is 9.59 Å². The van der Waals surface area contributed by atoms with Crippen LogP contribution in [0.4, 0.5) is 9.59 Å². The quantitative estimate of drug-likeness (QED) is 0.659. The highest BCUT2D eigenvalue weighted by Gasteiger charge is 2.42. The van der Waals surface area contributed by atoms with Gasteiger partial charge < -0.3 is 20.1 Å². The first-order valence-electron chi connectivity index (χ1n) is 11.7. The number of amides is 2. The van der Waals surface area contributed by atoms with Crippen LogP contribution in [0.25, 0.3) is 0 Å². The number of ether oxygens (including phenoxy) is 2. The van der Waals surface area contributed by atoms with Gasteiger partial charge in [0.2, 0.25) is 0 Å². The third-order valence-corrected chi connectivity index (χ3v) is 5.80. The number of nitrogens with zero attached hydrogens (tertiary/aromatic N) is 2. The average molecular weight is 462 g/mol. The maximum absolute atomic E-state index is 13.2. The van der Waals surface area contributed by atoms with Crippen molar-refractivity contribution in [1.29, 1.82) is 0 Å². The molecule has 0 bridgehead atoms. The van der Waals surface area contributed by atoms with Crippen LogP contribution < -0.4 is 5.73 Å². The Morgan fingerprint density at radius 1 is 1.18 bits per heavy atom. The molecule has 184 valence electrons. The second-order valence-electron chi connectivity index (χ2n) is 9.87. The zero-order chi connectivity index (χ0) is 24.8. The number of hydrogen-bond acceptors (Lipinski definition) is 6. The van der Waals surface area contributed by atoms with E-state index < -0.39 is 29.9 Å². The van der Waals surface area contributed by atoms with E-state index in [1.807, 2.05) is 51.1 Å². The summed E-state index contributed by atoms with van der Waals surface area (Å²) in [5, 5.41) is 0. The highest BCUT2D eigenvalue weighted by molar-refractivity contribution is 5.92. The molecule has 2 rings (SSSR count). The van der Waals surface area contributed by atoms with Crippen LogP contribution in [0.2, 0.25) is 0 Å². The minimum Gasteiger partial charge on any atom is -0.445 e. The molecule has 1 aliphatic rings.